The number of morpholine rings is 1. The van der Waals surface area contributed by atoms with Gasteiger partial charge in [0.1, 0.15) is 5.82 Å². The zero-order chi connectivity index (χ0) is 23.3. The summed E-state index contributed by atoms with van der Waals surface area (Å²) in [6.07, 6.45) is 1.06. The summed E-state index contributed by atoms with van der Waals surface area (Å²) in [5.74, 6) is 0.586. The Hall–Kier alpha value is -2.94. The number of hydrogen-bond acceptors (Lipinski definition) is 7. The van der Waals surface area contributed by atoms with Gasteiger partial charge in [-0.25, -0.2) is 9.78 Å². The van der Waals surface area contributed by atoms with Crippen LogP contribution in [0.25, 0.3) is 22.4 Å². The third-order valence-corrected chi connectivity index (χ3v) is 6.44. The maximum atomic E-state index is 12.3. The minimum atomic E-state index is -0.319. The Kier molecular flexibility index (Phi) is 7.08. The summed E-state index contributed by atoms with van der Waals surface area (Å²) in [6.45, 7) is 9.73. The highest BCUT2D eigenvalue weighted by Crippen LogP contribution is 2.28. The third-order valence-electron chi connectivity index (χ3n) is 6.44. The second-order valence-electron chi connectivity index (χ2n) is 8.67. The molecule has 0 N–H and O–H groups in total. The van der Waals surface area contributed by atoms with Crippen molar-refractivity contribution in [3.8, 4) is 11.4 Å². The van der Waals surface area contributed by atoms with Crippen molar-refractivity contribution in [2.45, 2.75) is 19.9 Å². The van der Waals surface area contributed by atoms with Gasteiger partial charge in [0, 0.05) is 50.6 Å². The fraction of sp³-hybridized carbons (Fsp3) is 0.462. The maximum absolute atomic E-state index is 12.3. The lowest BCUT2D eigenvalue weighted by atomic mass is 10.1. The molecule has 34 heavy (non-hydrogen) atoms. The first-order valence-electron chi connectivity index (χ1n) is 12.1. The second kappa shape index (κ2) is 10.5. The molecule has 3 aromatic rings. The Balaban J connectivity index is 1.46. The van der Waals surface area contributed by atoms with Crippen molar-refractivity contribution in [2.24, 2.45) is 0 Å². The molecule has 3 heterocycles. The summed E-state index contributed by atoms with van der Waals surface area (Å²) in [6, 6.07) is 14.2. The van der Waals surface area contributed by atoms with Gasteiger partial charge in [0.15, 0.2) is 0 Å². The number of rotatable bonds is 7. The van der Waals surface area contributed by atoms with Crippen LogP contribution in [0.5, 0.6) is 0 Å². The van der Waals surface area contributed by atoms with E-state index in [2.05, 4.69) is 38.6 Å². The summed E-state index contributed by atoms with van der Waals surface area (Å²) < 4.78 is 18.5. The van der Waals surface area contributed by atoms with Gasteiger partial charge in [-0.05, 0) is 55.8 Å². The fourth-order valence-electron chi connectivity index (χ4n) is 4.63. The van der Waals surface area contributed by atoms with Crippen molar-refractivity contribution in [3.05, 3.63) is 48.0 Å². The van der Waals surface area contributed by atoms with E-state index in [0.29, 0.717) is 18.9 Å². The van der Waals surface area contributed by atoms with Gasteiger partial charge in [0.05, 0.1) is 43.1 Å². The van der Waals surface area contributed by atoms with Crippen molar-refractivity contribution < 1.29 is 19.0 Å². The normalized spacial score (nSPS) is 17.3. The largest absolute Gasteiger partial charge is 0.462 e. The molecule has 2 saturated heterocycles. The van der Waals surface area contributed by atoms with Crippen molar-refractivity contribution in [1.82, 2.24) is 14.5 Å². The first-order valence-corrected chi connectivity index (χ1v) is 12.1. The van der Waals surface area contributed by atoms with Crippen LogP contribution in [-0.4, -0.2) is 79.8 Å². The van der Waals surface area contributed by atoms with Crippen LogP contribution >= 0.6 is 0 Å². The highest BCUT2D eigenvalue weighted by molar-refractivity contribution is 5.94. The molecule has 180 valence electrons. The highest BCUT2D eigenvalue weighted by atomic mass is 16.5. The molecule has 0 spiro atoms. The van der Waals surface area contributed by atoms with E-state index in [-0.39, 0.29) is 5.97 Å². The van der Waals surface area contributed by atoms with E-state index in [1.54, 1.807) is 0 Å². The first kappa shape index (κ1) is 22.8. The first-order chi connectivity index (χ1) is 16.7. The van der Waals surface area contributed by atoms with Gasteiger partial charge in [-0.1, -0.05) is 0 Å². The van der Waals surface area contributed by atoms with Crippen LogP contribution in [0.1, 0.15) is 23.7 Å². The Bertz CT molecular complexity index is 1120. The van der Waals surface area contributed by atoms with Crippen molar-refractivity contribution in [3.63, 3.8) is 0 Å². The van der Waals surface area contributed by atoms with Crippen LogP contribution in [0.3, 0.4) is 0 Å². The van der Waals surface area contributed by atoms with E-state index in [0.717, 1.165) is 81.4 Å². The maximum Gasteiger partial charge on any atom is 0.338 e. The van der Waals surface area contributed by atoms with Crippen molar-refractivity contribution >= 4 is 22.7 Å². The molecule has 8 nitrogen and oxygen atoms in total. The molecule has 0 aliphatic carbocycles. The van der Waals surface area contributed by atoms with E-state index < -0.39 is 0 Å². The molecular weight excluding hydrogens is 432 g/mol. The minimum absolute atomic E-state index is 0.319. The van der Waals surface area contributed by atoms with Crippen LogP contribution in [0.4, 0.5) is 5.69 Å². The average molecular weight is 465 g/mol. The predicted octanol–water partition coefficient (Wildman–Crippen LogP) is 3.40. The lowest BCUT2D eigenvalue weighted by Crippen LogP contribution is -2.36. The summed E-state index contributed by atoms with van der Waals surface area (Å²) in [5.41, 5.74) is 4.59. The van der Waals surface area contributed by atoms with E-state index in [1.807, 2.05) is 25.1 Å². The van der Waals surface area contributed by atoms with Gasteiger partial charge in [-0.15, -0.1) is 0 Å². The fourth-order valence-corrected chi connectivity index (χ4v) is 4.63. The summed E-state index contributed by atoms with van der Waals surface area (Å²) in [7, 11) is 0. The summed E-state index contributed by atoms with van der Waals surface area (Å²) >= 11 is 0. The molecule has 1 aromatic heterocycles. The number of fused-ring (bicyclic) bond motifs is 1. The lowest BCUT2D eigenvalue weighted by Gasteiger charge is -2.29. The number of hydrogen-bond donors (Lipinski definition) is 0. The number of nitrogens with zero attached hydrogens (tertiary/aromatic N) is 4. The number of aromatic nitrogens is 2. The van der Waals surface area contributed by atoms with Crippen LogP contribution in [0.2, 0.25) is 0 Å². The molecule has 2 aliphatic heterocycles. The predicted molar refractivity (Wildman–Crippen MR) is 131 cm³/mol. The Morgan fingerprint density at radius 3 is 2.56 bits per heavy atom. The van der Waals surface area contributed by atoms with Gasteiger partial charge in [-0.3, -0.25) is 4.90 Å². The number of imidazole rings is 1. The topological polar surface area (TPSA) is 69.1 Å². The number of ether oxygens (including phenoxy) is 3. The zero-order valence-corrected chi connectivity index (χ0v) is 19.7. The number of carbonyl (C=O) groups excluding carboxylic acids is 1. The molecule has 0 atom stereocenters. The Morgan fingerprint density at radius 2 is 1.82 bits per heavy atom. The van der Waals surface area contributed by atoms with Crippen molar-refractivity contribution in [2.75, 3.05) is 64.2 Å². The summed E-state index contributed by atoms with van der Waals surface area (Å²) in [5, 5.41) is 0. The van der Waals surface area contributed by atoms with Gasteiger partial charge < -0.3 is 23.7 Å². The van der Waals surface area contributed by atoms with E-state index in [9.17, 15) is 4.79 Å². The van der Waals surface area contributed by atoms with Gasteiger partial charge in [-0.2, -0.15) is 0 Å². The zero-order valence-electron chi connectivity index (χ0n) is 19.7. The number of esters is 1. The lowest BCUT2D eigenvalue weighted by molar-refractivity contribution is -0.0144. The molecule has 2 aromatic carbocycles. The minimum Gasteiger partial charge on any atom is -0.462 e. The van der Waals surface area contributed by atoms with E-state index in [1.165, 1.54) is 5.69 Å². The van der Waals surface area contributed by atoms with Gasteiger partial charge in [0.25, 0.3) is 0 Å². The highest BCUT2D eigenvalue weighted by Gasteiger charge is 2.18. The monoisotopic (exact) mass is 464 g/mol. The molecule has 2 fully saturated rings. The quantitative estimate of drug-likeness (QED) is 0.497. The van der Waals surface area contributed by atoms with E-state index in [4.69, 9.17) is 19.2 Å². The number of anilines is 1. The molecule has 0 saturated carbocycles. The number of benzene rings is 2. The molecule has 0 bridgehead atoms. The van der Waals surface area contributed by atoms with E-state index >= 15 is 0 Å². The molecule has 0 radical (unpaired) electrons. The smallest absolute Gasteiger partial charge is 0.338 e. The molecule has 0 amide bonds. The number of carbonyl (C=O) groups is 1. The SMILES string of the molecule is CCOC(=O)c1ccc2c(c1)nc(-c1ccc(N3CCOCC3)cc1)n2CCN1CCCOC1. The van der Waals surface area contributed by atoms with Crippen LogP contribution in [-0.2, 0) is 20.8 Å². The van der Waals surface area contributed by atoms with Gasteiger partial charge >= 0.3 is 5.97 Å². The standard InChI is InChI=1S/C26H32N4O4/c1-2-34-26(31)21-6-9-24-23(18-21)27-25(30(24)12-11-28-10-3-15-33-19-28)20-4-7-22(8-5-20)29-13-16-32-17-14-29/h4-9,18H,2-3,10-17,19H2,1H3. The molecule has 8 heteroatoms. The average Bonchev–Trinajstić information content (AvgIpc) is 3.26. The molecular formula is C26H32N4O4. The molecule has 0 unspecified atom stereocenters. The molecule has 2 aliphatic rings. The Morgan fingerprint density at radius 1 is 1.00 bits per heavy atom. The third kappa shape index (κ3) is 4.94. The second-order valence-corrected chi connectivity index (χ2v) is 8.67. The van der Waals surface area contributed by atoms with Crippen LogP contribution in [0.15, 0.2) is 42.5 Å². The Labute approximate surface area is 200 Å². The van der Waals surface area contributed by atoms with Crippen LogP contribution < -0.4 is 4.90 Å². The van der Waals surface area contributed by atoms with Crippen molar-refractivity contribution in [1.29, 1.82) is 0 Å². The molecule has 5 rings (SSSR count). The van der Waals surface area contributed by atoms with Gasteiger partial charge in [0.2, 0.25) is 0 Å². The van der Waals surface area contributed by atoms with Crippen LogP contribution in [0, 0.1) is 0 Å². The summed E-state index contributed by atoms with van der Waals surface area (Å²) in [4.78, 5) is 21.9.